The zero-order valence-electron chi connectivity index (χ0n) is 13.9. The van der Waals surface area contributed by atoms with Gasteiger partial charge in [-0.3, -0.25) is 4.79 Å². The number of hydrazone groups is 1. The summed E-state index contributed by atoms with van der Waals surface area (Å²) in [7, 11) is 0. The number of para-hydroxylation sites is 1. The summed E-state index contributed by atoms with van der Waals surface area (Å²) in [6.07, 6.45) is 1.65. The van der Waals surface area contributed by atoms with Gasteiger partial charge in [0.05, 0.1) is 28.1 Å². The molecular weight excluding hydrogens is 376 g/mol. The second-order valence-corrected chi connectivity index (χ2v) is 7.52. The summed E-state index contributed by atoms with van der Waals surface area (Å²) in [6.45, 7) is 0. The topological polar surface area (TPSA) is 69.3 Å². The number of thiophene rings is 1. The predicted octanol–water partition coefficient (Wildman–Crippen LogP) is 4.91. The van der Waals surface area contributed by atoms with Crippen LogP contribution in [0, 0.1) is 11.3 Å². The third-order valence-electron chi connectivity index (χ3n) is 3.76. The van der Waals surface area contributed by atoms with Gasteiger partial charge in [-0.1, -0.05) is 29.5 Å². The van der Waals surface area contributed by atoms with Gasteiger partial charge in [-0.2, -0.15) is 15.4 Å². The van der Waals surface area contributed by atoms with Crippen molar-refractivity contribution in [2.24, 2.45) is 5.10 Å². The molecule has 2 heterocycles. The minimum Gasteiger partial charge on any atom is -0.267 e. The fourth-order valence-electron chi connectivity index (χ4n) is 2.43. The number of amides is 1. The van der Waals surface area contributed by atoms with Gasteiger partial charge in [0, 0.05) is 10.4 Å². The van der Waals surface area contributed by atoms with E-state index in [2.05, 4.69) is 16.2 Å². The first-order valence-electron chi connectivity index (χ1n) is 8.02. The normalized spacial score (nSPS) is 10.9. The van der Waals surface area contributed by atoms with E-state index in [1.807, 2.05) is 41.8 Å². The van der Waals surface area contributed by atoms with E-state index in [0.717, 1.165) is 15.1 Å². The molecule has 0 saturated heterocycles. The Labute approximate surface area is 163 Å². The number of nitrogens with zero attached hydrogens (tertiary/aromatic N) is 4. The molecule has 7 heteroatoms. The fraction of sp³-hybridized carbons (Fsp3) is 0. The molecule has 0 radical (unpaired) electrons. The number of carbonyl (C=O) groups is 1. The first kappa shape index (κ1) is 17.1. The zero-order chi connectivity index (χ0) is 18.6. The summed E-state index contributed by atoms with van der Waals surface area (Å²) in [5, 5.41) is 17.1. The lowest BCUT2D eigenvalue weighted by Crippen LogP contribution is -2.25. The van der Waals surface area contributed by atoms with E-state index < -0.39 is 0 Å². The van der Waals surface area contributed by atoms with Crippen molar-refractivity contribution in [3.05, 3.63) is 82.0 Å². The maximum Gasteiger partial charge on any atom is 0.280 e. The van der Waals surface area contributed by atoms with Gasteiger partial charge >= 0.3 is 0 Å². The maximum atomic E-state index is 13.1. The number of carbonyl (C=O) groups excluding carboxylic acids is 1. The van der Waals surface area contributed by atoms with Crippen LogP contribution in [0.1, 0.15) is 20.8 Å². The molecule has 0 saturated carbocycles. The van der Waals surface area contributed by atoms with Crippen LogP contribution in [-0.2, 0) is 0 Å². The van der Waals surface area contributed by atoms with Crippen molar-refractivity contribution in [2.75, 3.05) is 5.01 Å². The molecule has 0 aliphatic rings. The number of aromatic nitrogens is 1. The highest BCUT2D eigenvalue weighted by Crippen LogP contribution is 2.30. The largest absolute Gasteiger partial charge is 0.280 e. The molecule has 5 nitrogen and oxygen atoms in total. The highest BCUT2D eigenvalue weighted by molar-refractivity contribution is 7.22. The van der Waals surface area contributed by atoms with Crippen LogP contribution in [0.2, 0.25) is 0 Å². The van der Waals surface area contributed by atoms with Crippen LogP contribution in [0.15, 0.2) is 71.1 Å². The number of fused-ring (bicyclic) bond motifs is 1. The van der Waals surface area contributed by atoms with E-state index in [1.165, 1.54) is 27.7 Å². The van der Waals surface area contributed by atoms with Crippen molar-refractivity contribution in [1.29, 1.82) is 5.26 Å². The number of benzene rings is 2. The van der Waals surface area contributed by atoms with E-state index in [9.17, 15) is 4.79 Å². The van der Waals surface area contributed by atoms with Crippen LogP contribution in [0.5, 0.6) is 0 Å². The third kappa shape index (κ3) is 3.62. The molecule has 4 aromatic rings. The maximum absolute atomic E-state index is 13.1. The minimum absolute atomic E-state index is 0.300. The SMILES string of the molecule is N#Cc1ccc(C(=O)N(/N=C\c2cccs2)c2nc3ccccc3s2)cc1. The van der Waals surface area contributed by atoms with Crippen LogP contribution in [-0.4, -0.2) is 17.1 Å². The van der Waals surface area contributed by atoms with Crippen LogP contribution in [0.25, 0.3) is 10.2 Å². The smallest absolute Gasteiger partial charge is 0.267 e. The van der Waals surface area contributed by atoms with Gasteiger partial charge in [0.15, 0.2) is 0 Å². The van der Waals surface area contributed by atoms with E-state index in [0.29, 0.717) is 16.3 Å². The predicted molar refractivity (Wildman–Crippen MR) is 109 cm³/mol. The zero-order valence-corrected chi connectivity index (χ0v) is 15.6. The van der Waals surface area contributed by atoms with Gasteiger partial charge in [0.1, 0.15) is 0 Å². The van der Waals surface area contributed by atoms with Crippen LogP contribution in [0.4, 0.5) is 5.13 Å². The lowest BCUT2D eigenvalue weighted by molar-refractivity contribution is 0.0988. The summed E-state index contributed by atoms with van der Waals surface area (Å²) in [4.78, 5) is 18.6. The number of hydrogen-bond donors (Lipinski definition) is 0. The Morgan fingerprint density at radius 2 is 1.93 bits per heavy atom. The molecule has 2 aromatic heterocycles. The number of thiazole rings is 1. The number of rotatable bonds is 4. The van der Waals surface area contributed by atoms with Crippen LogP contribution in [0.3, 0.4) is 0 Å². The molecule has 4 rings (SSSR count). The summed E-state index contributed by atoms with van der Waals surface area (Å²) in [5.74, 6) is -0.300. The molecule has 0 unspecified atom stereocenters. The first-order valence-corrected chi connectivity index (χ1v) is 9.72. The van der Waals surface area contributed by atoms with Crippen LogP contribution >= 0.6 is 22.7 Å². The summed E-state index contributed by atoms with van der Waals surface area (Å²) in [6, 6.07) is 20.1. The quantitative estimate of drug-likeness (QED) is 0.368. The molecule has 0 spiro atoms. The lowest BCUT2D eigenvalue weighted by atomic mass is 10.1. The highest BCUT2D eigenvalue weighted by Gasteiger charge is 2.21. The molecule has 1 amide bonds. The molecule has 0 bridgehead atoms. The molecule has 0 N–H and O–H groups in total. The molecule has 0 atom stereocenters. The van der Waals surface area contributed by atoms with E-state index in [1.54, 1.807) is 30.5 Å². The van der Waals surface area contributed by atoms with E-state index in [-0.39, 0.29) is 5.91 Å². The van der Waals surface area contributed by atoms with Gasteiger partial charge in [0.2, 0.25) is 5.13 Å². The Bertz CT molecular complexity index is 1120. The van der Waals surface area contributed by atoms with Gasteiger partial charge in [-0.15, -0.1) is 11.3 Å². The summed E-state index contributed by atoms with van der Waals surface area (Å²) >= 11 is 2.94. The van der Waals surface area contributed by atoms with Gasteiger partial charge in [0.25, 0.3) is 5.91 Å². The Balaban J connectivity index is 1.74. The van der Waals surface area contributed by atoms with E-state index >= 15 is 0 Å². The Morgan fingerprint density at radius 3 is 2.63 bits per heavy atom. The Kier molecular flexibility index (Phi) is 4.75. The van der Waals surface area contributed by atoms with Crippen molar-refractivity contribution < 1.29 is 4.79 Å². The lowest BCUT2D eigenvalue weighted by Gasteiger charge is -2.13. The average Bonchev–Trinajstić information content (AvgIpc) is 3.37. The fourth-order valence-corrected chi connectivity index (χ4v) is 3.93. The first-order chi connectivity index (χ1) is 13.2. The van der Waals surface area contributed by atoms with Crippen molar-refractivity contribution in [1.82, 2.24) is 4.98 Å². The van der Waals surface area contributed by atoms with Crippen molar-refractivity contribution in [3.8, 4) is 6.07 Å². The monoisotopic (exact) mass is 388 g/mol. The number of hydrogen-bond acceptors (Lipinski definition) is 6. The standard InChI is InChI=1S/C20H12N4OS2/c21-12-14-7-9-15(10-8-14)19(25)24(22-13-16-4-3-11-26-16)20-23-17-5-1-2-6-18(17)27-20/h1-11,13H/b22-13-. The summed E-state index contributed by atoms with van der Waals surface area (Å²) < 4.78 is 0.983. The second kappa shape index (κ2) is 7.50. The number of anilines is 1. The van der Waals surface area contributed by atoms with Crippen molar-refractivity contribution in [3.63, 3.8) is 0 Å². The Morgan fingerprint density at radius 1 is 1.11 bits per heavy atom. The van der Waals surface area contributed by atoms with Crippen LogP contribution < -0.4 is 5.01 Å². The molecule has 0 aliphatic carbocycles. The molecule has 130 valence electrons. The third-order valence-corrected chi connectivity index (χ3v) is 5.58. The average molecular weight is 388 g/mol. The van der Waals surface area contributed by atoms with Gasteiger partial charge in [-0.05, 0) is 47.8 Å². The molecule has 0 fully saturated rings. The molecule has 2 aromatic carbocycles. The molecular formula is C20H12N4OS2. The van der Waals surface area contributed by atoms with E-state index in [4.69, 9.17) is 5.26 Å². The van der Waals surface area contributed by atoms with Gasteiger partial charge < -0.3 is 0 Å². The number of nitriles is 1. The van der Waals surface area contributed by atoms with Crippen molar-refractivity contribution in [2.45, 2.75) is 0 Å². The highest BCUT2D eigenvalue weighted by atomic mass is 32.1. The summed E-state index contributed by atoms with van der Waals surface area (Å²) in [5.41, 5.74) is 1.76. The second-order valence-electron chi connectivity index (χ2n) is 5.53. The van der Waals surface area contributed by atoms with Gasteiger partial charge in [-0.25, -0.2) is 4.98 Å². The molecule has 27 heavy (non-hydrogen) atoms. The molecule has 0 aliphatic heterocycles. The minimum atomic E-state index is -0.300. The van der Waals surface area contributed by atoms with Crippen molar-refractivity contribution >= 4 is 50.1 Å². The Hall–Kier alpha value is -3.34.